The van der Waals surface area contributed by atoms with Crippen LogP contribution in [0, 0.1) is 5.41 Å². The summed E-state index contributed by atoms with van der Waals surface area (Å²) < 4.78 is 15.0. The number of piperidine rings is 1. The molecule has 2 saturated heterocycles. The molecule has 8 rings (SSSR count). The number of nitrogens with zero attached hydrogens (tertiary/aromatic N) is 7. The van der Waals surface area contributed by atoms with Crippen molar-refractivity contribution >= 4 is 74.4 Å². The summed E-state index contributed by atoms with van der Waals surface area (Å²) in [5.41, 5.74) is 2.61. The van der Waals surface area contributed by atoms with Crippen LogP contribution in [-0.4, -0.2) is 92.5 Å². The monoisotopic (exact) mass is 797 g/mol. The number of ether oxygens (including phenoxy) is 2. The molecule has 3 amide bonds. The van der Waals surface area contributed by atoms with Crippen LogP contribution in [0.1, 0.15) is 50.6 Å². The lowest BCUT2D eigenvalue weighted by Crippen LogP contribution is -2.65. The zero-order valence-electron chi connectivity index (χ0n) is 32.3. The van der Waals surface area contributed by atoms with Crippen molar-refractivity contribution in [1.82, 2.24) is 39.9 Å². The van der Waals surface area contributed by atoms with E-state index in [4.69, 9.17) is 31.2 Å². The number of imide groups is 1. The van der Waals surface area contributed by atoms with Gasteiger partial charge in [0, 0.05) is 64.0 Å². The quantitative estimate of drug-likeness (QED) is 0.150. The highest BCUT2D eigenvalue weighted by Crippen LogP contribution is 2.50. The van der Waals surface area contributed by atoms with Gasteiger partial charge in [0.25, 0.3) is 11.5 Å². The lowest BCUT2D eigenvalue weighted by Gasteiger charge is -2.58. The number of benzene rings is 1. The summed E-state index contributed by atoms with van der Waals surface area (Å²) in [5.74, 6) is -0.414. The standard InChI is InChI=1S/C39H44ClN11O6/c1-38(56-5)18-39(12-11-28(38)45-26-8-6-7-23-31(48-50(4)32(23)26)24-9-10-29(52)46-35(24)54)19-51(20-39)37-43-16-25(40)33(47-37)44-22-13-21-14-27(57-17-30(53)41-2)36(55)49(3)34(21)42-15-22/h6-8,13-16,24,28,45H,9-12,17-20H2,1-5H3,(H,41,53)(H,43,44,47)(H,46,52,54)/t24?,28-,38+/m0/s1. The van der Waals surface area contributed by atoms with Gasteiger partial charge in [0.2, 0.25) is 17.8 Å². The molecule has 1 saturated carbocycles. The van der Waals surface area contributed by atoms with Crippen LogP contribution in [0.4, 0.5) is 23.1 Å². The van der Waals surface area contributed by atoms with E-state index in [0.29, 0.717) is 45.6 Å². The normalized spacial score (nSPS) is 21.7. The fraction of sp³-hybridized carbons (Fsp3) is 0.436. The molecular formula is C39H44ClN11O6. The van der Waals surface area contributed by atoms with E-state index in [1.54, 1.807) is 38.7 Å². The Hall–Kier alpha value is -5.81. The largest absolute Gasteiger partial charge is 0.478 e. The fourth-order valence-electron chi connectivity index (χ4n) is 8.65. The highest BCUT2D eigenvalue weighted by molar-refractivity contribution is 6.33. The maximum Gasteiger partial charge on any atom is 0.294 e. The van der Waals surface area contributed by atoms with Gasteiger partial charge in [-0.25, -0.2) is 9.97 Å². The van der Waals surface area contributed by atoms with Crippen LogP contribution in [0.3, 0.4) is 0 Å². The third kappa shape index (κ3) is 6.98. The summed E-state index contributed by atoms with van der Waals surface area (Å²) in [6.07, 6.45) is 6.52. The first-order valence-corrected chi connectivity index (χ1v) is 19.2. The fourth-order valence-corrected chi connectivity index (χ4v) is 8.79. The number of carbonyl (C=O) groups excluding carboxylic acids is 3. The van der Waals surface area contributed by atoms with E-state index >= 15 is 0 Å². The molecule has 57 heavy (non-hydrogen) atoms. The van der Waals surface area contributed by atoms with Crippen molar-refractivity contribution in [3.63, 3.8) is 0 Å². The van der Waals surface area contributed by atoms with E-state index in [1.807, 2.05) is 29.9 Å². The zero-order chi connectivity index (χ0) is 40.2. The van der Waals surface area contributed by atoms with E-state index in [-0.39, 0.29) is 48.0 Å². The maximum atomic E-state index is 12.8. The van der Waals surface area contributed by atoms with Gasteiger partial charge in [-0.05, 0) is 50.8 Å². The van der Waals surface area contributed by atoms with Crippen LogP contribution >= 0.6 is 11.6 Å². The summed E-state index contributed by atoms with van der Waals surface area (Å²) in [6.45, 7) is 3.36. The average Bonchev–Trinajstić information content (AvgIpc) is 3.52. The third-order valence-corrected chi connectivity index (χ3v) is 11.9. The van der Waals surface area contributed by atoms with Gasteiger partial charge >= 0.3 is 0 Å². The van der Waals surface area contributed by atoms with Crippen molar-refractivity contribution in [3.05, 3.63) is 63.8 Å². The Morgan fingerprint density at radius 2 is 1.91 bits per heavy atom. The minimum Gasteiger partial charge on any atom is -0.478 e. The Bertz CT molecular complexity index is 2500. The highest BCUT2D eigenvalue weighted by Gasteiger charge is 2.54. The number of hydrogen-bond donors (Lipinski definition) is 4. The van der Waals surface area contributed by atoms with E-state index in [0.717, 1.165) is 48.9 Å². The molecule has 1 aliphatic carbocycles. The number of para-hydroxylation sites is 1. The highest BCUT2D eigenvalue weighted by atomic mass is 35.5. The predicted molar refractivity (Wildman–Crippen MR) is 214 cm³/mol. The number of rotatable bonds is 10. The molecule has 3 aliphatic rings. The van der Waals surface area contributed by atoms with Gasteiger partial charge in [0.1, 0.15) is 10.7 Å². The van der Waals surface area contributed by atoms with E-state index in [9.17, 15) is 19.2 Å². The van der Waals surface area contributed by atoms with Gasteiger partial charge in [0.05, 0.1) is 52.5 Å². The van der Waals surface area contributed by atoms with Gasteiger partial charge in [0.15, 0.2) is 18.2 Å². The van der Waals surface area contributed by atoms with Crippen molar-refractivity contribution < 1.29 is 23.9 Å². The van der Waals surface area contributed by atoms with Crippen LogP contribution in [0.2, 0.25) is 5.02 Å². The van der Waals surface area contributed by atoms with Gasteiger partial charge in [-0.2, -0.15) is 10.1 Å². The molecule has 0 bridgehead atoms. The summed E-state index contributed by atoms with van der Waals surface area (Å²) in [7, 11) is 6.72. The topological polar surface area (TPSA) is 200 Å². The first-order chi connectivity index (χ1) is 27.3. The maximum absolute atomic E-state index is 12.8. The number of fused-ring (bicyclic) bond motifs is 2. The molecule has 2 aliphatic heterocycles. The zero-order valence-corrected chi connectivity index (χ0v) is 33.1. The van der Waals surface area contributed by atoms with Gasteiger partial charge in [-0.1, -0.05) is 23.7 Å². The molecular weight excluding hydrogens is 754 g/mol. The van der Waals surface area contributed by atoms with Gasteiger partial charge < -0.3 is 30.3 Å². The molecule has 4 N–H and O–H groups in total. The number of amides is 3. The molecule has 1 spiro atoms. The van der Waals surface area contributed by atoms with Crippen LogP contribution in [0.15, 0.2) is 47.5 Å². The molecule has 0 radical (unpaired) electrons. The van der Waals surface area contributed by atoms with Crippen molar-refractivity contribution in [1.29, 1.82) is 0 Å². The molecule has 298 valence electrons. The second-order valence-corrected chi connectivity index (χ2v) is 15.9. The SMILES string of the molecule is CNC(=O)COc1cc2cc(Nc3nc(N4CC5(CC[C@H](Nc6cccc7c(C8CCC(=O)NC8=O)nn(C)c67)[C@](C)(OC)C5)C4)ncc3Cl)cnc2n(C)c1=O. The van der Waals surface area contributed by atoms with E-state index < -0.39 is 17.1 Å². The number of carbonyl (C=O) groups is 3. The minimum atomic E-state index is -0.495. The predicted octanol–water partition coefficient (Wildman–Crippen LogP) is 3.53. The Kier molecular flexibility index (Phi) is 9.76. The summed E-state index contributed by atoms with van der Waals surface area (Å²) in [6, 6.07) is 9.34. The molecule has 3 atom stereocenters. The molecule has 1 aromatic carbocycles. The second kappa shape index (κ2) is 14.6. The first kappa shape index (κ1) is 38.1. The van der Waals surface area contributed by atoms with Crippen molar-refractivity contribution in [2.45, 2.75) is 56.6 Å². The van der Waals surface area contributed by atoms with E-state index in [1.165, 1.54) is 11.6 Å². The Balaban J connectivity index is 0.957. The number of aryl methyl sites for hydroxylation is 2. The smallest absolute Gasteiger partial charge is 0.294 e. The number of pyridine rings is 2. The number of likely N-dealkylation sites (N-methyl/N-ethyl adjacent to an activating group) is 1. The number of aromatic nitrogens is 6. The first-order valence-electron chi connectivity index (χ1n) is 18.8. The Morgan fingerprint density at radius 3 is 2.67 bits per heavy atom. The lowest BCUT2D eigenvalue weighted by atomic mass is 9.62. The molecule has 18 heteroatoms. The number of methoxy groups -OCH3 is 1. The van der Waals surface area contributed by atoms with Crippen LogP contribution < -0.4 is 36.5 Å². The number of nitrogens with one attached hydrogen (secondary N) is 4. The number of anilines is 4. The number of hydrogen-bond acceptors (Lipinski definition) is 13. The van der Waals surface area contributed by atoms with Crippen molar-refractivity contribution in [2.75, 3.05) is 49.4 Å². The second-order valence-electron chi connectivity index (χ2n) is 15.5. The van der Waals surface area contributed by atoms with Gasteiger partial charge in [-0.15, -0.1) is 0 Å². The molecule has 4 aromatic heterocycles. The Morgan fingerprint density at radius 1 is 1.11 bits per heavy atom. The summed E-state index contributed by atoms with van der Waals surface area (Å²) in [5, 5.41) is 18.6. The molecule has 5 aromatic rings. The molecule has 3 fully saturated rings. The summed E-state index contributed by atoms with van der Waals surface area (Å²) in [4.78, 5) is 65.0. The van der Waals surface area contributed by atoms with Gasteiger partial charge in [-0.3, -0.25) is 33.7 Å². The molecule has 1 unspecified atom stereocenters. The Labute approximate surface area is 332 Å². The minimum absolute atomic E-state index is 0.000715. The third-order valence-electron chi connectivity index (χ3n) is 11.7. The molecule has 17 nitrogen and oxygen atoms in total. The van der Waals surface area contributed by atoms with Crippen molar-refractivity contribution in [2.24, 2.45) is 19.5 Å². The van der Waals surface area contributed by atoms with E-state index in [2.05, 4.69) is 43.1 Å². The summed E-state index contributed by atoms with van der Waals surface area (Å²) >= 11 is 6.58. The van der Waals surface area contributed by atoms with Crippen LogP contribution in [0.25, 0.3) is 21.9 Å². The molecule has 6 heterocycles. The van der Waals surface area contributed by atoms with Crippen LogP contribution in [0.5, 0.6) is 5.75 Å². The average molecular weight is 798 g/mol. The van der Waals surface area contributed by atoms with Crippen molar-refractivity contribution in [3.8, 4) is 5.75 Å². The lowest BCUT2D eigenvalue weighted by molar-refractivity contribution is -0.134. The number of halogens is 1. The van der Waals surface area contributed by atoms with Crippen LogP contribution in [-0.2, 0) is 33.2 Å².